The van der Waals surface area contributed by atoms with Crippen molar-refractivity contribution in [2.45, 2.75) is 20.4 Å². The highest BCUT2D eigenvalue weighted by atomic mass is 32.1. The summed E-state index contributed by atoms with van der Waals surface area (Å²) in [7, 11) is 2.06. The standard InChI is InChI=1S/C10H20N4OS/c1-4-11-10-9(12-13-16-10)8-14(3)6-7-15-5-2/h11H,4-8H2,1-3H3. The van der Waals surface area contributed by atoms with Crippen molar-refractivity contribution in [3.63, 3.8) is 0 Å². The van der Waals surface area contributed by atoms with Crippen molar-refractivity contribution >= 4 is 16.5 Å². The molecule has 0 saturated carbocycles. The third-order valence-corrected chi connectivity index (χ3v) is 2.86. The second-order valence-electron chi connectivity index (χ2n) is 3.51. The van der Waals surface area contributed by atoms with Gasteiger partial charge in [0.15, 0.2) is 0 Å². The number of aromatic nitrogens is 2. The Morgan fingerprint density at radius 2 is 2.25 bits per heavy atom. The summed E-state index contributed by atoms with van der Waals surface area (Å²) in [5.41, 5.74) is 1.02. The number of hydrogen-bond donors (Lipinski definition) is 1. The number of rotatable bonds is 8. The largest absolute Gasteiger partial charge is 0.380 e. The summed E-state index contributed by atoms with van der Waals surface area (Å²) in [5, 5.41) is 8.47. The number of nitrogens with zero attached hydrogens (tertiary/aromatic N) is 3. The van der Waals surface area contributed by atoms with Gasteiger partial charge in [0.2, 0.25) is 0 Å². The molecule has 0 aliphatic carbocycles. The number of anilines is 1. The molecule has 0 unspecified atom stereocenters. The van der Waals surface area contributed by atoms with Crippen LogP contribution in [0.3, 0.4) is 0 Å². The predicted molar refractivity (Wildman–Crippen MR) is 66.9 cm³/mol. The van der Waals surface area contributed by atoms with Crippen molar-refractivity contribution in [3.8, 4) is 0 Å². The minimum absolute atomic E-state index is 0.765. The van der Waals surface area contributed by atoms with Crippen molar-refractivity contribution in [1.29, 1.82) is 0 Å². The van der Waals surface area contributed by atoms with E-state index in [-0.39, 0.29) is 0 Å². The third kappa shape index (κ3) is 4.42. The highest BCUT2D eigenvalue weighted by Gasteiger charge is 2.09. The Hall–Kier alpha value is -0.720. The Bertz CT molecular complexity index is 292. The van der Waals surface area contributed by atoms with E-state index in [1.54, 1.807) is 0 Å². The molecule has 0 radical (unpaired) electrons. The van der Waals surface area contributed by atoms with E-state index < -0.39 is 0 Å². The minimum atomic E-state index is 0.765. The van der Waals surface area contributed by atoms with Crippen molar-refractivity contribution in [2.24, 2.45) is 0 Å². The number of likely N-dealkylation sites (N-methyl/N-ethyl adjacent to an activating group) is 1. The van der Waals surface area contributed by atoms with Crippen LogP contribution in [0.15, 0.2) is 0 Å². The lowest BCUT2D eigenvalue weighted by Gasteiger charge is -2.15. The van der Waals surface area contributed by atoms with Crippen LogP contribution >= 0.6 is 11.5 Å². The maximum atomic E-state index is 5.31. The van der Waals surface area contributed by atoms with Crippen LogP contribution in [0.25, 0.3) is 0 Å². The van der Waals surface area contributed by atoms with Crippen molar-refractivity contribution in [3.05, 3.63) is 5.69 Å². The molecule has 0 spiro atoms. The molecule has 1 aromatic rings. The van der Waals surface area contributed by atoms with Crippen molar-refractivity contribution in [1.82, 2.24) is 14.5 Å². The molecule has 16 heavy (non-hydrogen) atoms. The van der Waals surface area contributed by atoms with E-state index in [2.05, 4.69) is 33.8 Å². The molecule has 0 aliphatic heterocycles. The van der Waals surface area contributed by atoms with Gasteiger partial charge in [0.1, 0.15) is 10.7 Å². The monoisotopic (exact) mass is 244 g/mol. The van der Waals surface area contributed by atoms with Crippen LogP contribution < -0.4 is 5.32 Å². The molecule has 0 atom stereocenters. The molecule has 0 bridgehead atoms. The van der Waals surface area contributed by atoms with Gasteiger partial charge in [-0.2, -0.15) is 0 Å². The molecule has 92 valence electrons. The van der Waals surface area contributed by atoms with Crippen molar-refractivity contribution < 1.29 is 4.74 Å². The first-order chi connectivity index (χ1) is 7.77. The second kappa shape index (κ2) is 7.54. The van der Waals surface area contributed by atoms with Gasteiger partial charge in [-0.1, -0.05) is 4.49 Å². The van der Waals surface area contributed by atoms with Gasteiger partial charge in [-0.05, 0) is 20.9 Å². The molecule has 6 heteroatoms. The number of hydrogen-bond acceptors (Lipinski definition) is 6. The summed E-state index contributed by atoms with van der Waals surface area (Å²) >= 11 is 1.41. The summed E-state index contributed by atoms with van der Waals surface area (Å²) in [6, 6.07) is 0. The van der Waals surface area contributed by atoms with Crippen LogP contribution in [0.1, 0.15) is 19.5 Å². The fourth-order valence-electron chi connectivity index (χ4n) is 1.31. The topological polar surface area (TPSA) is 50.3 Å². The van der Waals surface area contributed by atoms with Gasteiger partial charge < -0.3 is 10.1 Å². The zero-order valence-electron chi connectivity index (χ0n) is 10.2. The lowest BCUT2D eigenvalue weighted by Crippen LogP contribution is -2.23. The summed E-state index contributed by atoms with van der Waals surface area (Å²) in [4.78, 5) is 2.19. The molecule has 5 nitrogen and oxygen atoms in total. The van der Waals surface area contributed by atoms with E-state index in [0.717, 1.165) is 43.5 Å². The lowest BCUT2D eigenvalue weighted by molar-refractivity contribution is 0.120. The molecule has 1 heterocycles. The average molecular weight is 244 g/mol. The Balaban J connectivity index is 2.36. The Morgan fingerprint density at radius 1 is 1.44 bits per heavy atom. The van der Waals surface area contributed by atoms with Gasteiger partial charge in [0.05, 0.1) is 6.61 Å². The molecular formula is C10H20N4OS. The molecule has 1 aromatic heterocycles. The normalized spacial score (nSPS) is 11.0. The third-order valence-electron chi connectivity index (χ3n) is 2.13. The van der Waals surface area contributed by atoms with E-state index in [4.69, 9.17) is 4.74 Å². The van der Waals surface area contributed by atoms with Gasteiger partial charge >= 0.3 is 0 Å². The first-order valence-corrected chi connectivity index (χ1v) is 6.36. The lowest BCUT2D eigenvalue weighted by atomic mass is 10.4. The Labute approximate surface area is 101 Å². The number of nitrogens with one attached hydrogen (secondary N) is 1. The van der Waals surface area contributed by atoms with Gasteiger partial charge in [-0.15, -0.1) is 5.10 Å². The first kappa shape index (κ1) is 13.3. The molecule has 0 aliphatic rings. The maximum Gasteiger partial charge on any atom is 0.134 e. The summed E-state index contributed by atoms with van der Waals surface area (Å²) in [6.07, 6.45) is 0. The SMILES string of the molecule is CCNc1snnc1CN(C)CCOCC. The molecule has 0 fully saturated rings. The van der Waals surface area contributed by atoms with Gasteiger partial charge in [-0.3, -0.25) is 4.90 Å². The Morgan fingerprint density at radius 3 is 2.94 bits per heavy atom. The van der Waals surface area contributed by atoms with Gasteiger partial charge in [0, 0.05) is 37.8 Å². The zero-order chi connectivity index (χ0) is 11.8. The van der Waals surface area contributed by atoms with Crippen LogP contribution in [-0.2, 0) is 11.3 Å². The molecular weight excluding hydrogens is 224 g/mol. The summed E-state index contributed by atoms with van der Waals surface area (Å²) in [5.74, 6) is 0. The summed E-state index contributed by atoms with van der Waals surface area (Å²) < 4.78 is 9.27. The molecule has 0 amide bonds. The second-order valence-corrected chi connectivity index (χ2v) is 4.27. The minimum Gasteiger partial charge on any atom is -0.380 e. The predicted octanol–water partition coefficient (Wildman–Crippen LogP) is 1.44. The van der Waals surface area contributed by atoms with Crippen LogP contribution in [0.5, 0.6) is 0 Å². The first-order valence-electron chi connectivity index (χ1n) is 5.59. The van der Waals surface area contributed by atoms with Crippen molar-refractivity contribution in [2.75, 3.05) is 38.7 Å². The van der Waals surface area contributed by atoms with E-state index in [1.807, 2.05) is 6.92 Å². The fourth-order valence-corrected chi connectivity index (χ4v) is 1.95. The maximum absolute atomic E-state index is 5.31. The van der Waals surface area contributed by atoms with Crippen LogP contribution in [0.4, 0.5) is 5.00 Å². The van der Waals surface area contributed by atoms with E-state index >= 15 is 0 Å². The molecule has 0 saturated heterocycles. The fraction of sp³-hybridized carbons (Fsp3) is 0.800. The number of ether oxygens (including phenoxy) is 1. The highest BCUT2D eigenvalue weighted by Crippen LogP contribution is 2.18. The quantitative estimate of drug-likeness (QED) is 0.701. The molecule has 1 N–H and O–H groups in total. The summed E-state index contributed by atoms with van der Waals surface area (Å²) in [6.45, 7) is 8.24. The van der Waals surface area contributed by atoms with E-state index in [1.165, 1.54) is 11.5 Å². The van der Waals surface area contributed by atoms with Crippen LogP contribution in [0.2, 0.25) is 0 Å². The van der Waals surface area contributed by atoms with Gasteiger partial charge in [0.25, 0.3) is 0 Å². The van der Waals surface area contributed by atoms with Crippen LogP contribution in [0, 0.1) is 0 Å². The zero-order valence-corrected chi connectivity index (χ0v) is 11.0. The van der Waals surface area contributed by atoms with Crippen LogP contribution in [-0.4, -0.2) is 47.8 Å². The molecule has 1 rings (SSSR count). The van der Waals surface area contributed by atoms with E-state index in [9.17, 15) is 0 Å². The van der Waals surface area contributed by atoms with E-state index in [0.29, 0.717) is 0 Å². The Kier molecular flexibility index (Phi) is 6.29. The average Bonchev–Trinajstić information content (AvgIpc) is 2.67. The molecule has 0 aromatic carbocycles. The smallest absolute Gasteiger partial charge is 0.134 e. The highest BCUT2D eigenvalue weighted by molar-refractivity contribution is 7.10. The van der Waals surface area contributed by atoms with Gasteiger partial charge in [-0.25, -0.2) is 0 Å².